The number of imidazole rings is 1. The molecule has 5 atom stereocenters. The molecule has 40 heavy (non-hydrogen) atoms. The molecule has 0 aliphatic carbocycles. The van der Waals surface area contributed by atoms with E-state index in [2.05, 4.69) is 21.0 Å². The molecule has 10 heteroatoms. The summed E-state index contributed by atoms with van der Waals surface area (Å²) in [5.74, 6) is -0.877. The van der Waals surface area contributed by atoms with E-state index < -0.39 is 35.6 Å². The van der Waals surface area contributed by atoms with Gasteiger partial charge in [-0.1, -0.05) is 39.3 Å². The summed E-state index contributed by atoms with van der Waals surface area (Å²) in [5, 5.41) is 33.7. The van der Waals surface area contributed by atoms with E-state index in [1.807, 2.05) is 25.3 Å². The maximum atomic E-state index is 13.3. The Kier molecular flexibility index (Phi) is 11.4. The molecule has 0 spiro atoms. The molecule has 9 nitrogen and oxygen atoms in total. The average molecular weight is 574 g/mol. The minimum Gasteiger partial charge on any atom is -0.457 e. The maximum Gasteiger partial charge on any atom is 0.309 e. The highest BCUT2D eigenvalue weighted by atomic mass is 32.1. The Labute approximate surface area is 240 Å². The number of nitrogens with one attached hydrogen (secondary N) is 1. The minimum atomic E-state index is -1.27. The molecule has 0 fully saturated rings. The van der Waals surface area contributed by atoms with Crippen molar-refractivity contribution in [2.75, 3.05) is 0 Å². The zero-order chi connectivity index (χ0) is 29.4. The molecule has 1 aliphatic heterocycles. The number of ketones is 1. The SMILES string of the molecule is CC(=Cc1csc(CO)n1)[C@@H]1CC=C(Cc2ncc[nH]2)CCC[C@H](C)[C@H](O)[C@@H](C)C(=O)C(C)(C)[C@@H](O)CC(=O)O1. The van der Waals surface area contributed by atoms with Gasteiger partial charge in [0, 0.05) is 36.5 Å². The lowest BCUT2D eigenvalue weighted by atomic mass is 9.73. The fourth-order valence-electron chi connectivity index (χ4n) is 5.10. The first kappa shape index (κ1) is 31.9. The van der Waals surface area contributed by atoms with Crippen molar-refractivity contribution in [2.24, 2.45) is 17.3 Å². The molecule has 0 radical (unpaired) electrons. The highest BCUT2D eigenvalue weighted by Gasteiger charge is 2.42. The third-order valence-corrected chi connectivity index (χ3v) is 8.78. The number of H-pyrrole nitrogens is 1. The highest BCUT2D eigenvalue weighted by molar-refractivity contribution is 7.09. The molecule has 1 aliphatic rings. The Morgan fingerprint density at radius 3 is 2.67 bits per heavy atom. The van der Waals surface area contributed by atoms with E-state index >= 15 is 0 Å². The van der Waals surface area contributed by atoms with Crippen molar-refractivity contribution in [3.8, 4) is 0 Å². The summed E-state index contributed by atoms with van der Waals surface area (Å²) in [5.41, 5.74) is 1.32. The van der Waals surface area contributed by atoms with Crippen molar-refractivity contribution in [1.82, 2.24) is 15.0 Å². The van der Waals surface area contributed by atoms with E-state index in [4.69, 9.17) is 4.74 Å². The Hall–Kier alpha value is -2.66. The molecule has 3 rings (SSSR count). The van der Waals surface area contributed by atoms with Gasteiger partial charge in [-0.3, -0.25) is 9.59 Å². The van der Waals surface area contributed by atoms with E-state index in [0.717, 1.165) is 36.2 Å². The number of carbonyl (C=O) groups excluding carboxylic acids is 2. The van der Waals surface area contributed by atoms with Crippen LogP contribution in [0.5, 0.6) is 0 Å². The van der Waals surface area contributed by atoms with Crippen molar-refractivity contribution in [3.05, 3.63) is 51.5 Å². The molecule has 0 saturated heterocycles. The predicted octanol–water partition coefficient (Wildman–Crippen LogP) is 4.40. The molecule has 0 amide bonds. The van der Waals surface area contributed by atoms with Crippen molar-refractivity contribution in [2.45, 2.75) is 98.1 Å². The zero-order valence-corrected chi connectivity index (χ0v) is 24.9. The second-order valence-electron chi connectivity index (χ2n) is 11.5. The number of ether oxygens (including phenoxy) is 1. The molecular formula is C30H43N3O6S. The van der Waals surface area contributed by atoms with Crippen LogP contribution >= 0.6 is 11.3 Å². The molecule has 0 unspecified atom stereocenters. The van der Waals surface area contributed by atoms with Crippen molar-refractivity contribution < 1.29 is 29.6 Å². The van der Waals surface area contributed by atoms with Gasteiger partial charge in [0.25, 0.3) is 0 Å². The van der Waals surface area contributed by atoms with Crippen LogP contribution in [0.3, 0.4) is 0 Å². The van der Waals surface area contributed by atoms with Gasteiger partial charge in [0.1, 0.15) is 22.7 Å². The molecule has 0 aromatic carbocycles. The second-order valence-corrected chi connectivity index (χ2v) is 12.4. The van der Waals surface area contributed by atoms with Gasteiger partial charge < -0.3 is 25.0 Å². The van der Waals surface area contributed by atoms with Gasteiger partial charge >= 0.3 is 5.97 Å². The van der Waals surface area contributed by atoms with Gasteiger partial charge in [-0.2, -0.15) is 0 Å². The molecule has 3 heterocycles. The highest BCUT2D eigenvalue weighted by Crippen LogP contribution is 2.32. The van der Waals surface area contributed by atoms with Gasteiger partial charge in [0.05, 0.1) is 36.3 Å². The summed E-state index contributed by atoms with van der Waals surface area (Å²) in [7, 11) is 0. The maximum absolute atomic E-state index is 13.3. The number of cyclic esters (lactones) is 1. The van der Waals surface area contributed by atoms with Crippen LogP contribution in [0.2, 0.25) is 0 Å². The fourth-order valence-corrected chi connectivity index (χ4v) is 5.71. The first-order valence-electron chi connectivity index (χ1n) is 13.9. The first-order valence-corrected chi connectivity index (χ1v) is 14.8. The normalized spacial score (nSPS) is 27.8. The molecule has 220 valence electrons. The lowest BCUT2D eigenvalue weighted by molar-refractivity contribution is -0.154. The number of aromatic nitrogens is 3. The number of aliphatic hydroxyl groups is 3. The average Bonchev–Trinajstić information content (AvgIpc) is 3.60. The van der Waals surface area contributed by atoms with Crippen molar-refractivity contribution in [1.29, 1.82) is 0 Å². The van der Waals surface area contributed by atoms with Crippen LogP contribution in [-0.4, -0.2) is 60.3 Å². The van der Waals surface area contributed by atoms with E-state index in [0.29, 0.717) is 23.5 Å². The van der Waals surface area contributed by atoms with E-state index in [9.17, 15) is 24.9 Å². The number of rotatable bonds is 5. The number of allylic oxidation sites excluding steroid dienone is 1. The molecule has 2 aromatic rings. The number of aromatic amines is 1. The molecule has 0 saturated carbocycles. The van der Waals surface area contributed by atoms with E-state index in [1.165, 1.54) is 11.3 Å². The predicted molar refractivity (Wildman–Crippen MR) is 154 cm³/mol. The first-order chi connectivity index (χ1) is 18.9. The van der Waals surface area contributed by atoms with Crippen LogP contribution in [0.15, 0.2) is 35.0 Å². The quantitative estimate of drug-likeness (QED) is 0.304. The van der Waals surface area contributed by atoms with E-state index in [-0.39, 0.29) is 24.7 Å². The van der Waals surface area contributed by atoms with Crippen LogP contribution in [0.4, 0.5) is 0 Å². The lowest BCUT2D eigenvalue weighted by Crippen LogP contribution is -2.45. The van der Waals surface area contributed by atoms with Crippen LogP contribution < -0.4 is 0 Å². The molecule has 0 bridgehead atoms. The number of nitrogens with zero attached hydrogens (tertiary/aromatic N) is 2. The third-order valence-electron chi connectivity index (χ3n) is 7.93. The molecule has 4 N–H and O–H groups in total. The largest absolute Gasteiger partial charge is 0.457 e. The number of hydrogen-bond acceptors (Lipinski definition) is 9. The number of aliphatic hydroxyl groups excluding tert-OH is 3. The smallest absolute Gasteiger partial charge is 0.309 e. The van der Waals surface area contributed by atoms with Crippen LogP contribution in [-0.2, 0) is 27.4 Å². The summed E-state index contributed by atoms with van der Waals surface area (Å²) in [6, 6.07) is 0. The monoisotopic (exact) mass is 573 g/mol. The number of hydrogen-bond donors (Lipinski definition) is 4. The fraction of sp³-hybridized carbons (Fsp3) is 0.600. The van der Waals surface area contributed by atoms with Crippen molar-refractivity contribution >= 4 is 29.2 Å². The van der Waals surface area contributed by atoms with Gasteiger partial charge in [-0.15, -0.1) is 11.3 Å². The third kappa shape index (κ3) is 8.42. The summed E-state index contributed by atoms with van der Waals surface area (Å²) in [4.78, 5) is 38.3. The molecule has 2 aromatic heterocycles. The number of Topliss-reactive ketones (excluding diaryl/α,β-unsaturated/α-hetero) is 1. The Balaban J connectivity index is 1.94. The summed E-state index contributed by atoms with van der Waals surface area (Å²) in [6.45, 7) is 8.57. The number of thiazole rings is 1. The van der Waals surface area contributed by atoms with E-state index in [1.54, 1.807) is 33.2 Å². The van der Waals surface area contributed by atoms with Crippen molar-refractivity contribution in [3.63, 3.8) is 0 Å². The minimum absolute atomic E-state index is 0.116. The number of esters is 1. The van der Waals surface area contributed by atoms with Crippen LogP contribution in [0.1, 0.15) is 83.2 Å². The Bertz CT molecular complexity index is 1190. The van der Waals surface area contributed by atoms with Gasteiger partial charge in [-0.25, -0.2) is 9.97 Å². The standard InChI is InChI=1S/C30H43N3O6S/c1-18-7-6-8-21(14-25-31-11-12-32-25)9-10-23(19(2)13-22-17-40-26(16-34)33-22)39-27(36)15-24(35)30(4,5)29(38)20(3)28(18)37/h9,11-13,17-18,20,23-24,28,34-35,37H,6-8,10,14-16H2,1-5H3,(H,31,32)/t18-,20+,23-,24-,28-/m0/s1. The Morgan fingerprint density at radius 2 is 2.02 bits per heavy atom. The second kappa shape index (κ2) is 14.3. The van der Waals surface area contributed by atoms with Crippen LogP contribution in [0.25, 0.3) is 6.08 Å². The lowest BCUT2D eigenvalue weighted by Gasteiger charge is -2.34. The topological polar surface area (TPSA) is 146 Å². The number of carbonyl (C=O) groups is 2. The van der Waals surface area contributed by atoms with Crippen LogP contribution in [0, 0.1) is 17.3 Å². The van der Waals surface area contributed by atoms with Gasteiger partial charge in [-0.05, 0) is 43.8 Å². The molecular weight excluding hydrogens is 530 g/mol. The summed E-state index contributed by atoms with van der Waals surface area (Å²) in [6.07, 6.45) is 7.63. The summed E-state index contributed by atoms with van der Waals surface area (Å²) >= 11 is 1.35. The van der Waals surface area contributed by atoms with Gasteiger partial charge in [0.2, 0.25) is 0 Å². The Morgan fingerprint density at radius 1 is 1.27 bits per heavy atom. The zero-order valence-electron chi connectivity index (χ0n) is 24.1. The van der Waals surface area contributed by atoms with Gasteiger partial charge in [0.15, 0.2) is 0 Å². The summed E-state index contributed by atoms with van der Waals surface area (Å²) < 4.78 is 5.90.